The lowest BCUT2D eigenvalue weighted by Crippen LogP contribution is -2.44. The standard InChI is InChI=1S/C26H29NO6/c1-6-15(2)25(26(29)30)27-24(28)11-16(3)18-12-19-20(14-33-23(19)13-22(18)32-5)17-9-7-8-10-21(17)31-4/h7-15,25H,6H2,1-5H3,(H,27,28)(H,29,30)/b16-11+. The summed E-state index contributed by atoms with van der Waals surface area (Å²) in [5.41, 5.74) is 3.70. The van der Waals surface area contributed by atoms with Gasteiger partial charge in [0.1, 0.15) is 23.1 Å². The molecule has 2 atom stereocenters. The highest BCUT2D eigenvalue weighted by molar-refractivity contribution is 6.01. The SMILES string of the molecule is CCC(C)C(NC(=O)/C=C(\C)c1cc2c(-c3ccccc3OC)coc2cc1OC)C(=O)O. The van der Waals surface area contributed by atoms with Crippen LogP contribution in [0.25, 0.3) is 27.7 Å². The largest absolute Gasteiger partial charge is 0.496 e. The molecule has 2 aromatic carbocycles. The molecule has 0 radical (unpaired) electrons. The molecule has 0 aliphatic rings. The molecule has 7 heteroatoms. The molecule has 0 aliphatic heterocycles. The van der Waals surface area contributed by atoms with Crippen LogP contribution in [0.2, 0.25) is 0 Å². The predicted octanol–water partition coefficient (Wildman–Crippen LogP) is 5.14. The Morgan fingerprint density at radius 2 is 1.82 bits per heavy atom. The minimum atomic E-state index is -1.05. The van der Waals surface area contributed by atoms with Crippen LogP contribution in [0.3, 0.4) is 0 Å². The number of carbonyl (C=O) groups excluding carboxylic acids is 1. The van der Waals surface area contributed by atoms with Gasteiger partial charge in [0.15, 0.2) is 0 Å². The highest BCUT2D eigenvalue weighted by Gasteiger charge is 2.25. The van der Waals surface area contributed by atoms with E-state index in [0.29, 0.717) is 34.6 Å². The summed E-state index contributed by atoms with van der Waals surface area (Å²) in [4.78, 5) is 24.2. The van der Waals surface area contributed by atoms with Crippen LogP contribution in [0.1, 0.15) is 32.8 Å². The van der Waals surface area contributed by atoms with Crippen molar-refractivity contribution >= 4 is 28.4 Å². The van der Waals surface area contributed by atoms with Crippen LogP contribution in [0, 0.1) is 5.92 Å². The van der Waals surface area contributed by atoms with Gasteiger partial charge in [-0.2, -0.15) is 0 Å². The lowest BCUT2D eigenvalue weighted by Gasteiger charge is -2.19. The molecule has 0 saturated heterocycles. The molecule has 174 valence electrons. The van der Waals surface area contributed by atoms with Crippen molar-refractivity contribution in [2.24, 2.45) is 5.92 Å². The number of nitrogens with one attached hydrogen (secondary N) is 1. The number of carbonyl (C=O) groups is 2. The molecule has 3 rings (SSSR count). The Labute approximate surface area is 193 Å². The first-order chi connectivity index (χ1) is 15.8. The summed E-state index contributed by atoms with van der Waals surface area (Å²) in [6.07, 6.45) is 3.70. The highest BCUT2D eigenvalue weighted by atomic mass is 16.5. The lowest BCUT2D eigenvalue weighted by atomic mass is 9.98. The maximum absolute atomic E-state index is 12.6. The van der Waals surface area contributed by atoms with Crippen LogP contribution in [0.5, 0.6) is 11.5 Å². The number of hydrogen-bond donors (Lipinski definition) is 2. The number of hydrogen-bond acceptors (Lipinski definition) is 5. The van der Waals surface area contributed by atoms with Gasteiger partial charge < -0.3 is 24.3 Å². The summed E-state index contributed by atoms with van der Waals surface area (Å²) < 4.78 is 16.8. The molecule has 33 heavy (non-hydrogen) atoms. The first-order valence-electron chi connectivity index (χ1n) is 10.7. The second-order valence-corrected chi connectivity index (χ2v) is 7.94. The lowest BCUT2D eigenvalue weighted by molar-refractivity contribution is -0.142. The zero-order chi connectivity index (χ0) is 24.1. The van der Waals surface area contributed by atoms with Crippen molar-refractivity contribution in [1.82, 2.24) is 5.32 Å². The van der Waals surface area contributed by atoms with Crippen molar-refractivity contribution in [1.29, 1.82) is 0 Å². The number of aliphatic carboxylic acids is 1. The van der Waals surface area contributed by atoms with E-state index in [1.54, 1.807) is 40.4 Å². The molecule has 0 saturated carbocycles. The second-order valence-electron chi connectivity index (χ2n) is 7.94. The van der Waals surface area contributed by atoms with E-state index in [2.05, 4.69) is 5.32 Å². The number of ether oxygens (including phenoxy) is 2. The van der Waals surface area contributed by atoms with E-state index < -0.39 is 17.9 Å². The van der Waals surface area contributed by atoms with Crippen LogP contribution in [-0.2, 0) is 9.59 Å². The third kappa shape index (κ3) is 5.03. The van der Waals surface area contributed by atoms with Gasteiger partial charge in [-0.1, -0.05) is 38.5 Å². The Balaban J connectivity index is 2.02. The minimum Gasteiger partial charge on any atom is -0.496 e. The first-order valence-corrected chi connectivity index (χ1v) is 10.7. The summed E-state index contributed by atoms with van der Waals surface area (Å²) in [7, 11) is 3.16. The molecule has 0 spiro atoms. The normalized spacial score (nSPS) is 13.4. The first kappa shape index (κ1) is 23.9. The van der Waals surface area contributed by atoms with Crippen LogP contribution < -0.4 is 14.8 Å². The van der Waals surface area contributed by atoms with Crippen molar-refractivity contribution in [3.05, 3.63) is 54.3 Å². The summed E-state index contributed by atoms with van der Waals surface area (Å²) in [5, 5.41) is 12.9. The Morgan fingerprint density at radius 3 is 2.45 bits per heavy atom. The Bertz CT molecular complexity index is 1190. The van der Waals surface area contributed by atoms with Crippen molar-refractivity contribution in [2.75, 3.05) is 14.2 Å². The van der Waals surface area contributed by atoms with E-state index in [4.69, 9.17) is 13.9 Å². The number of methoxy groups -OCH3 is 2. The van der Waals surface area contributed by atoms with E-state index in [0.717, 1.165) is 16.5 Å². The van der Waals surface area contributed by atoms with E-state index in [9.17, 15) is 14.7 Å². The molecule has 7 nitrogen and oxygen atoms in total. The van der Waals surface area contributed by atoms with Crippen LogP contribution in [0.4, 0.5) is 0 Å². The Kier molecular flexibility index (Phi) is 7.43. The summed E-state index contributed by atoms with van der Waals surface area (Å²) in [5.74, 6) is -0.460. The predicted molar refractivity (Wildman–Crippen MR) is 127 cm³/mol. The summed E-state index contributed by atoms with van der Waals surface area (Å²) in [6, 6.07) is 10.4. The summed E-state index contributed by atoms with van der Waals surface area (Å²) in [6.45, 7) is 5.47. The monoisotopic (exact) mass is 451 g/mol. The number of rotatable bonds is 9. The number of carboxylic acid groups (broad SMARTS) is 1. The number of carboxylic acids is 1. The van der Waals surface area contributed by atoms with Gasteiger partial charge in [0.2, 0.25) is 5.91 Å². The molecule has 1 aromatic heterocycles. The average Bonchev–Trinajstić information content (AvgIpc) is 3.23. The van der Waals surface area contributed by atoms with Crippen LogP contribution in [0.15, 0.2) is 53.2 Å². The molecule has 2 unspecified atom stereocenters. The number of benzene rings is 2. The van der Waals surface area contributed by atoms with E-state index >= 15 is 0 Å². The van der Waals surface area contributed by atoms with E-state index in [1.165, 1.54) is 6.08 Å². The van der Waals surface area contributed by atoms with Crippen molar-refractivity contribution in [2.45, 2.75) is 33.2 Å². The fourth-order valence-electron chi connectivity index (χ4n) is 3.76. The van der Waals surface area contributed by atoms with Crippen molar-refractivity contribution in [3.63, 3.8) is 0 Å². The average molecular weight is 452 g/mol. The van der Waals surface area contributed by atoms with Gasteiger partial charge in [0.05, 0.1) is 20.5 Å². The third-order valence-corrected chi connectivity index (χ3v) is 5.84. The topological polar surface area (TPSA) is 98.0 Å². The second kappa shape index (κ2) is 10.3. The van der Waals surface area contributed by atoms with Gasteiger partial charge in [-0.25, -0.2) is 4.79 Å². The van der Waals surface area contributed by atoms with Gasteiger partial charge in [-0.3, -0.25) is 4.79 Å². The zero-order valence-electron chi connectivity index (χ0n) is 19.5. The van der Waals surface area contributed by atoms with Gasteiger partial charge in [-0.05, 0) is 30.5 Å². The minimum absolute atomic E-state index is 0.194. The molecule has 0 bridgehead atoms. The quantitative estimate of drug-likeness (QED) is 0.438. The molecule has 3 aromatic rings. The van der Waals surface area contributed by atoms with Gasteiger partial charge in [0.25, 0.3) is 0 Å². The molecule has 1 amide bonds. The maximum atomic E-state index is 12.6. The number of para-hydroxylation sites is 1. The third-order valence-electron chi connectivity index (χ3n) is 5.84. The van der Waals surface area contributed by atoms with E-state index in [1.807, 2.05) is 37.3 Å². The highest BCUT2D eigenvalue weighted by Crippen LogP contribution is 2.40. The summed E-state index contributed by atoms with van der Waals surface area (Å²) >= 11 is 0. The van der Waals surface area contributed by atoms with Crippen LogP contribution >= 0.6 is 0 Å². The van der Waals surface area contributed by atoms with E-state index in [-0.39, 0.29) is 5.92 Å². The number of furan rings is 1. The Morgan fingerprint density at radius 1 is 1.12 bits per heavy atom. The maximum Gasteiger partial charge on any atom is 0.326 e. The molecular weight excluding hydrogens is 422 g/mol. The van der Waals surface area contributed by atoms with Crippen molar-refractivity contribution in [3.8, 4) is 22.6 Å². The number of fused-ring (bicyclic) bond motifs is 1. The fraction of sp³-hybridized carbons (Fsp3) is 0.308. The smallest absolute Gasteiger partial charge is 0.326 e. The van der Waals surface area contributed by atoms with Gasteiger partial charge >= 0.3 is 5.97 Å². The molecule has 2 N–H and O–H groups in total. The number of amides is 1. The molecule has 0 aliphatic carbocycles. The van der Waals surface area contributed by atoms with Crippen molar-refractivity contribution < 1.29 is 28.6 Å². The molecular formula is C26H29NO6. The fourth-order valence-corrected chi connectivity index (χ4v) is 3.76. The zero-order valence-corrected chi connectivity index (χ0v) is 19.5. The molecule has 0 fully saturated rings. The Hall–Kier alpha value is -3.74. The van der Waals surface area contributed by atoms with Gasteiger partial charge in [-0.15, -0.1) is 0 Å². The molecule has 1 heterocycles. The van der Waals surface area contributed by atoms with Gasteiger partial charge in [0, 0.05) is 34.2 Å². The number of allylic oxidation sites excluding steroid dienone is 1. The van der Waals surface area contributed by atoms with Crippen LogP contribution in [-0.4, -0.2) is 37.2 Å².